The minimum absolute atomic E-state index is 0.0219. The third-order valence-electron chi connectivity index (χ3n) is 3.49. The van der Waals surface area contributed by atoms with Crippen LogP contribution in [0.2, 0.25) is 0 Å². The monoisotopic (exact) mass is 431 g/mol. The van der Waals surface area contributed by atoms with E-state index < -0.39 is 17.8 Å². The Morgan fingerprint density at radius 2 is 2.07 bits per heavy atom. The number of hydrogen-bond donors (Lipinski definition) is 1. The van der Waals surface area contributed by atoms with Crippen LogP contribution in [0.3, 0.4) is 0 Å². The Hall–Kier alpha value is -2.38. The van der Waals surface area contributed by atoms with Crippen LogP contribution in [0.25, 0.3) is 5.13 Å². The minimum atomic E-state index is -4.58. The molecule has 0 aromatic carbocycles. The normalized spacial score (nSPS) is 12.0. The van der Waals surface area contributed by atoms with Gasteiger partial charge in [0.2, 0.25) is 10.3 Å². The highest BCUT2D eigenvalue weighted by molar-refractivity contribution is 7.15. The summed E-state index contributed by atoms with van der Waals surface area (Å²) in [5, 5.41) is 16.7. The van der Waals surface area contributed by atoms with E-state index in [1.165, 1.54) is 23.6 Å². The van der Waals surface area contributed by atoms with Gasteiger partial charge in [0.05, 0.1) is 5.69 Å². The van der Waals surface area contributed by atoms with Gasteiger partial charge in [0, 0.05) is 18.3 Å². The van der Waals surface area contributed by atoms with Gasteiger partial charge in [0.25, 0.3) is 5.91 Å². The first kappa shape index (κ1) is 20.4. The maximum atomic E-state index is 13.1. The fraction of sp³-hybridized carbons (Fsp3) is 0.400. The molecular formula is C15H16F3N7OS2. The number of carbonyl (C=O) groups excluding carboxylic acids is 1. The van der Waals surface area contributed by atoms with E-state index in [1.807, 2.05) is 19.0 Å². The van der Waals surface area contributed by atoms with E-state index in [-0.39, 0.29) is 16.5 Å². The summed E-state index contributed by atoms with van der Waals surface area (Å²) in [6.07, 6.45) is -3.88. The highest BCUT2D eigenvalue weighted by Gasteiger charge is 2.36. The highest BCUT2D eigenvalue weighted by Crippen LogP contribution is 2.32. The van der Waals surface area contributed by atoms with Crippen LogP contribution in [-0.2, 0) is 12.6 Å². The van der Waals surface area contributed by atoms with Gasteiger partial charge in [-0.1, -0.05) is 11.3 Å². The van der Waals surface area contributed by atoms with Crippen LogP contribution in [0.5, 0.6) is 0 Å². The number of anilines is 1. The van der Waals surface area contributed by atoms with Crippen molar-refractivity contribution in [2.45, 2.75) is 19.5 Å². The molecule has 0 spiro atoms. The second-order valence-corrected chi connectivity index (χ2v) is 8.00. The quantitative estimate of drug-likeness (QED) is 0.646. The lowest BCUT2D eigenvalue weighted by atomic mass is 10.3. The van der Waals surface area contributed by atoms with E-state index in [0.29, 0.717) is 16.2 Å². The molecule has 28 heavy (non-hydrogen) atoms. The van der Waals surface area contributed by atoms with Gasteiger partial charge in [0.15, 0.2) is 5.69 Å². The Labute approximate surface area is 166 Å². The molecule has 0 fully saturated rings. The molecule has 0 aliphatic carbocycles. The van der Waals surface area contributed by atoms with Crippen molar-refractivity contribution in [1.29, 1.82) is 0 Å². The van der Waals surface area contributed by atoms with E-state index in [4.69, 9.17) is 0 Å². The van der Waals surface area contributed by atoms with E-state index in [0.717, 1.165) is 29.0 Å². The Bertz CT molecular complexity index is 977. The van der Waals surface area contributed by atoms with Gasteiger partial charge in [0.1, 0.15) is 10.7 Å². The fourth-order valence-electron chi connectivity index (χ4n) is 2.20. The Balaban J connectivity index is 1.73. The van der Waals surface area contributed by atoms with Gasteiger partial charge in [-0.2, -0.15) is 18.3 Å². The topological polar surface area (TPSA) is 88.8 Å². The van der Waals surface area contributed by atoms with Gasteiger partial charge < -0.3 is 4.90 Å². The van der Waals surface area contributed by atoms with Crippen molar-refractivity contribution in [3.63, 3.8) is 0 Å². The number of aromatic nitrogens is 5. The molecule has 0 radical (unpaired) electrons. The molecule has 150 valence electrons. The molecule has 1 amide bonds. The summed E-state index contributed by atoms with van der Waals surface area (Å²) in [7, 11) is 3.88. The first-order chi connectivity index (χ1) is 13.1. The maximum absolute atomic E-state index is 13.1. The van der Waals surface area contributed by atoms with Crippen LogP contribution in [0, 0.1) is 6.92 Å². The lowest BCUT2D eigenvalue weighted by Gasteiger charge is -2.07. The molecule has 3 aromatic rings. The molecule has 1 N–H and O–H groups in total. The number of halogens is 3. The zero-order valence-electron chi connectivity index (χ0n) is 15.1. The summed E-state index contributed by atoms with van der Waals surface area (Å²) in [6.45, 7) is 2.25. The summed E-state index contributed by atoms with van der Waals surface area (Å²) in [6, 6.07) is 0.928. The molecule has 8 nitrogen and oxygen atoms in total. The highest BCUT2D eigenvalue weighted by atomic mass is 32.1. The number of hydrogen-bond acceptors (Lipinski definition) is 8. The molecule has 0 atom stereocenters. The van der Waals surface area contributed by atoms with Crippen molar-refractivity contribution in [3.05, 3.63) is 33.5 Å². The van der Waals surface area contributed by atoms with Gasteiger partial charge >= 0.3 is 6.18 Å². The number of alkyl halides is 3. The van der Waals surface area contributed by atoms with Crippen LogP contribution in [0.1, 0.15) is 26.9 Å². The zero-order chi connectivity index (χ0) is 20.5. The third-order valence-corrected chi connectivity index (χ3v) is 5.20. The zero-order valence-corrected chi connectivity index (χ0v) is 16.7. The molecule has 3 heterocycles. The summed E-state index contributed by atoms with van der Waals surface area (Å²) in [5.74, 6) is -0.574. The van der Waals surface area contributed by atoms with E-state index in [1.54, 1.807) is 0 Å². The lowest BCUT2D eigenvalue weighted by molar-refractivity contribution is -0.142. The van der Waals surface area contributed by atoms with E-state index in [9.17, 15) is 18.0 Å². The first-order valence-corrected chi connectivity index (χ1v) is 9.71. The minimum Gasteiger partial charge on any atom is -0.309 e. The van der Waals surface area contributed by atoms with Crippen molar-refractivity contribution < 1.29 is 18.0 Å². The third kappa shape index (κ3) is 4.72. The number of aryl methyl sites for hydroxylation is 1. The standard InChI is InChI=1S/C15H16F3N7OS2/c1-8-6-10(15(16,17)18)25(23-8)14-19-9(7-27-14)12(26)20-13-22-21-11(28-13)4-5-24(2)3/h6-7H,4-5H2,1-3H3,(H,20,22,26). The number of likely N-dealkylation sites (N-methyl/N-ethyl adjacent to an activating group) is 1. The van der Waals surface area contributed by atoms with Crippen LogP contribution in [0.4, 0.5) is 18.3 Å². The molecule has 3 rings (SSSR count). The van der Waals surface area contributed by atoms with Gasteiger partial charge in [-0.05, 0) is 27.1 Å². The average Bonchev–Trinajstić information content (AvgIpc) is 3.30. The maximum Gasteiger partial charge on any atom is 0.433 e. The van der Waals surface area contributed by atoms with Crippen LogP contribution < -0.4 is 5.32 Å². The smallest absolute Gasteiger partial charge is 0.309 e. The van der Waals surface area contributed by atoms with Crippen molar-refractivity contribution >= 4 is 33.7 Å². The molecule has 0 aliphatic heterocycles. The SMILES string of the molecule is Cc1cc(C(F)(F)F)n(-c2nc(C(=O)Nc3nnc(CCN(C)C)s3)cs2)n1. The molecular weight excluding hydrogens is 415 g/mol. The second-order valence-electron chi connectivity index (χ2n) is 6.10. The molecule has 0 bridgehead atoms. The summed E-state index contributed by atoms with van der Waals surface area (Å²) >= 11 is 2.13. The average molecular weight is 431 g/mol. The number of carbonyl (C=O) groups is 1. The molecule has 0 unspecified atom stereocenters. The van der Waals surface area contributed by atoms with E-state index in [2.05, 4.69) is 25.6 Å². The van der Waals surface area contributed by atoms with E-state index >= 15 is 0 Å². The number of nitrogens with zero attached hydrogens (tertiary/aromatic N) is 6. The second kappa shape index (κ2) is 7.93. The van der Waals surface area contributed by atoms with Crippen LogP contribution in [-0.4, -0.2) is 56.4 Å². The summed E-state index contributed by atoms with van der Waals surface area (Å²) in [5.41, 5.74) is -0.764. The largest absolute Gasteiger partial charge is 0.433 e. The van der Waals surface area contributed by atoms with Crippen LogP contribution >= 0.6 is 22.7 Å². The molecule has 0 aliphatic rings. The van der Waals surface area contributed by atoms with Crippen molar-refractivity contribution in [3.8, 4) is 5.13 Å². The predicted octanol–water partition coefficient (Wildman–Crippen LogP) is 2.86. The Kier molecular flexibility index (Phi) is 5.76. The number of nitrogens with one attached hydrogen (secondary N) is 1. The van der Waals surface area contributed by atoms with Crippen molar-refractivity contribution in [1.82, 2.24) is 29.9 Å². The Morgan fingerprint density at radius 3 is 2.75 bits per heavy atom. The number of thiazole rings is 1. The van der Waals surface area contributed by atoms with Gasteiger partial charge in [-0.15, -0.1) is 21.5 Å². The van der Waals surface area contributed by atoms with Gasteiger partial charge in [-0.25, -0.2) is 9.67 Å². The lowest BCUT2D eigenvalue weighted by Crippen LogP contribution is -2.15. The van der Waals surface area contributed by atoms with Crippen molar-refractivity contribution in [2.24, 2.45) is 0 Å². The predicted molar refractivity (Wildman–Crippen MR) is 99.1 cm³/mol. The Morgan fingerprint density at radius 1 is 1.32 bits per heavy atom. The van der Waals surface area contributed by atoms with Crippen molar-refractivity contribution in [2.75, 3.05) is 26.0 Å². The molecule has 13 heteroatoms. The first-order valence-electron chi connectivity index (χ1n) is 8.01. The van der Waals surface area contributed by atoms with Crippen LogP contribution in [0.15, 0.2) is 11.4 Å². The molecule has 0 saturated carbocycles. The molecule has 0 saturated heterocycles. The van der Waals surface area contributed by atoms with Gasteiger partial charge in [-0.3, -0.25) is 10.1 Å². The summed E-state index contributed by atoms with van der Waals surface area (Å²) < 4.78 is 40.1. The summed E-state index contributed by atoms with van der Waals surface area (Å²) in [4.78, 5) is 18.3. The fourth-order valence-corrected chi connectivity index (χ4v) is 3.69. The number of rotatable bonds is 6. The number of amides is 1. The molecule has 3 aromatic heterocycles.